The minimum Gasteiger partial charge on any atom is -0.325 e. The van der Waals surface area contributed by atoms with Crippen LogP contribution < -0.4 is 5.32 Å². The third-order valence-corrected chi connectivity index (χ3v) is 5.66. The van der Waals surface area contributed by atoms with Gasteiger partial charge >= 0.3 is 0 Å². The molecule has 1 amide bonds. The minimum atomic E-state index is -0.452. The highest BCUT2D eigenvalue weighted by Crippen LogP contribution is 2.26. The second kappa shape index (κ2) is 9.62. The fourth-order valence-corrected chi connectivity index (χ4v) is 3.91. The van der Waals surface area contributed by atoms with Crippen molar-refractivity contribution in [2.24, 2.45) is 0 Å². The molecule has 2 aromatic rings. The summed E-state index contributed by atoms with van der Waals surface area (Å²) in [5.41, 5.74) is 1.89. The molecule has 2 aromatic carbocycles. The monoisotopic (exact) mass is 396 g/mol. The topological polar surface area (TPSA) is 78.7 Å². The van der Waals surface area contributed by atoms with Crippen LogP contribution in [0.5, 0.6) is 0 Å². The van der Waals surface area contributed by atoms with Gasteiger partial charge in [-0.05, 0) is 37.6 Å². The molecule has 1 N–H and O–H groups in total. The van der Waals surface area contributed by atoms with Crippen molar-refractivity contribution >= 4 is 17.3 Å². The molecule has 0 radical (unpaired) electrons. The summed E-state index contributed by atoms with van der Waals surface area (Å²) in [6.07, 6.45) is 1.04. The summed E-state index contributed by atoms with van der Waals surface area (Å²) in [7, 11) is 0. The fraction of sp³-hybridized carbons (Fsp3) is 0.409. The Hall–Kier alpha value is -2.77. The van der Waals surface area contributed by atoms with E-state index in [1.54, 1.807) is 12.1 Å². The van der Waals surface area contributed by atoms with E-state index in [0.29, 0.717) is 24.3 Å². The van der Waals surface area contributed by atoms with E-state index in [1.807, 2.05) is 6.07 Å². The van der Waals surface area contributed by atoms with Gasteiger partial charge in [-0.3, -0.25) is 24.7 Å². The van der Waals surface area contributed by atoms with Crippen molar-refractivity contribution in [1.29, 1.82) is 0 Å². The molecule has 1 aliphatic heterocycles. The highest BCUT2D eigenvalue weighted by molar-refractivity contribution is 5.92. The summed E-state index contributed by atoms with van der Waals surface area (Å²) in [6, 6.07) is 17.1. The molecule has 29 heavy (non-hydrogen) atoms. The molecule has 7 nitrogen and oxygen atoms in total. The Kier molecular flexibility index (Phi) is 6.95. The Morgan fingerprint density at radius 3 is 2.55 bits per heavy atom. The molecule has 0 aromatic heterocycles. The Balaban J connectivity index is 1.54. The highest BCUT2D eigenvalue weighted by atomic mass is 16.6. The van der Waals surface area contributed by atoms with Crippen molar-refractivity contribution < 1.29 is 9.72 Å². The van der Waals surface area contributed by atoms with Gasteiger partial charge in [-0.25, -0.2) is 0 Å². The summed E-state index contributed by atoms with van der Waals surface area (Å²) in [4.78, 5) is 27.5. The number of carbonyl (C=O) groups excluding carboxylic acids is 1. The number of nitrogens with one attached hydrogen (secondary N) is 1. The lowest BCUT2D eigenvalue weighted by Crippen LogP contribution is -2.42. The van der Waals surface area contributed by atoms with Crippen LogP contribution in [0.3, 0.4) is 0 Å². The van der Waals surface area contributed by atoms with Crippen LogP contribution in [0.1, 0.15) is 31.9 Å². The average molecular weight is 396 g/mol. The van der Waals surface area contributed by atoms with Gasteiger partial charge in [0, 0.05) is 43.0 Å². The maximum Gasteiger partial charge on any atom is 0.269 e. The zero-order chi connectivity index (χ0) is 20.8. The van der Waals surface area contributed by atoms with E-state index >= 15 is 0 Å². The highest BCUT2D eigenvalue weighted by Gasteiger charge is 2.30. The molecule has 154 valence electrons. The number of carbonyl (C=O) groups is 1. The van der Waals surface area contributed by atoms with Gasteiger partial charge in [0.2, 0.25) is 5.91 Å². The van der Waals surface area contributed by atoms with Crippen LogP contribution in [-0.4, -0.2) is 52.9 Å². The molecular weight excluding hydrogens is 368 g/mol. The van der Waals surface area contributed by atoms with Gasteiger partial charge in [-0.15, -0.1) is 0 Å². The fourth-order valence-electron chi connectivity index (χ4n) is 3.91. The van der Waals surface area contributed by atoms with Gasteiger partial charge in [0.15, 0.2) is 0 Å². The Morgan fingerprint density at radius 2 is 1.93 bits per heavy atom. The van der Waals surface area contributed by atoms with E-state index < -0.39 is 4.92 Å². The predicted molar refractivity (Wildman–Crippen MR) is 114 cm³/mol. The number of likely N-dealkylation sites (tertiary alicyclic amines) is 1. The lowest BCUT2D eigenvalue weighted by Gasteiger charge is -2.29. The quantitative estimate of drug-likeness (QED) is 0.544. The number of benzene rings is 2. The second-order valence-corrected chi connectivity index (χ2v) is 7.44. The van der Waals surface area contributed by atoms with Gasteiger partial charge in [-0.1, -0.05) is 37.3 Å². The summed E-state index contributed by atoms with van der Waals surface area (Å²) in [6.45, 7) is 7.37. The number of amides is 1. The standard InChI is InChI=1S/C22H28N4O3/c1-3-24(16-22(27)23-19-9-11-20(12-10-19)26(28)29)21-13-14-25(15-21)17(2)18-7-5-4-6-8-18/h4-12,17,21H,3,13-16H2,1-2H3,(H,23,27). The maximum atomic E-state index is 12.5. The first-order valence-electron chi connectivity index (χ1n) is 10.0. The van der Waals surface area contributed by atoms with Crippen molar-refractivity contribution in [3.8, 4) is 0 Å². The number of nitro benzene ring substituents is 1. The molecule has 3 rings (SSSR count). The zero-order valence-electron chi connectivity index (χ0n) is 17.0. The first kappa shape index (κ1) is 21.0. The molecule has 2 unspecified atom stereocenters. The zero-order valence-corrected chi connectivity index (χ0v) is 17.0. The third-order valence-electron chi connectivity index (χ3n) is 5.66. The molecule has 0 saturated carbocycles. The van der Waals surface area contributed by atoms with Crippen LogP contribution in [0.25, 0.3) is 0 Å². The molecular formula is C22H28N4O3. The van der Waals surface area contributed by atoms with Crippen LogP contribution in [0.2, 0.25) is 0 Å². The molecule has 7 heteroatoms. The van der Waals surface area contributed by atoms with Crippen molar-refractivity contribution in [3.63, 3.8) is 0 Å². The summed E-state index contributed by atoms with van der Waals surface area (Å²) in [5.74, 6) is -0.102. The van der Waals surface area contributed by atoms with E-state index in [0.717, 1.165) is 26.1 Å². The van der Waals surface area contributed by atoms with Crippen LogP contribution in [0.15, 0.2) is 54.6 Å². The summed E-state index contributed by atoms with van der Waals surface area (Å²) < 4.78 is 0. The Labute approximate surface area is 171 Å². The van der Waals surface area contributed by atoms with Gasteiger partial charge in [0.1, 0.15) is 0 Å². The van der Waals surface area contributed by atoms with Crippen LogP contribution in [0.4, 0.5) is 11.4 Å². The maximum absolute atomic E-state index is 12.5. The second-order valence-electron chi connectivity index (χ2n) is 7.44. The van der Waals surface area contributed by atoms with Gasteiger partial charge in [0.25, 0.3) is 5.69 Å². The van der Waals surface area contributed by atoms with Crippen LogP contribution in [0, 0.1) is 10.1 Å². The SMILES string of the molecule is CCN(CC(=O)Nc1ccc([N+](=O)[O-])cc1)C1CCN(C(C)c2ccccc2)C1. The molecule has 0 spiro atoms. The van der Waals surface area contributed by atoms with Crippen molar-refractivity contribution in [3.05, 3.63) is 70.3 Å². The first-order chi connectivity index (χ1) is 14.0. The van der Waals surface area contributed by atoms with E-state index in [-0.39, 0.29) is 11.6 Å². The van der Waals surface area contributed by atoms with Crippen molar-refractivity contribution in [1.82, 2.24) is 9.80 Å². The number of likely N-dealkylation sites (N-methyl/N-ethyl adjacent to an activating group) is 1. The molecule has 1 aliphatic rings. The van der Waals surface area contributed by atoms with Gasteiger partial charge in [0.05, 0.1) is 11.5 Å². The van der Waals surface area contributed by atoms with Crippen LogP contribution >= 0.6 is 0 Å². The number of nitro groups is 1. The number of rotatable bonds is 8. The lowest BCUT2D eigenvalue weighted by atomic mass is 10.1. The number of anilines is 1. The molecule has 0 bridgehead atoms. The molecule has 0 aliphatic carbocycles. The van der Waals surface area contributed by atoms with Crippen LogP contribution in [-0.2, 0) is 4.79 Å². The van der Waals surface area contributed by atoms with Crippen molar-refractivity contribution in [2.75, 3.05) is 31.5 Å². The van der Waals surface area contributed by atoms with E-state index in [4.69, 9.17) is 0 Å². The minimum absolute atomic E-state index is 0.0109. The number of hydrogen-bond acceptors (Lipinski definition) is 5. The molecule has 1 heterocycles. The normalized spacial score (nSPS) is 18.0. The van der Waals surface area contributed by atoms with E-state index in [1.165, 1.54) is 17.7 Å². The average Bonchev–Trinajstić information content (AvgIpc) is 3.22. The Bertz CT molecular complexity index is 826. The summed E-state index contributed by atoms with van der Waals surface area (Å²) >= 11 is 0. The number of non-ortho nitro benzene ring substituents is 1. The number of hydrogen-bond donors (Lipinski definition) is 1. The summed E-state index contributed by atoms with van der Waals surface area (Å²) in [5, 5.41) is 13.6. The Morgan fingerprint density at radius 1 is 1.24 bits per heavy atom. The third kappa shape index (κ3) is 5.40. The van der Waals surface area contributed by atoms with Gasteiger partial charge in [-0.2, -0.15) is 0 Å². The van der Waals surface area contributed by atoms with E-state index in [9.17, 15) is 14.9 Å². The predicted octanol–water partition coefficient (Wildman–Crippen LogP) is 3.69. The number of nitrogens with zero attached hydrogens (tertiary/aromatic N) is 3. The van der Waals surface area contributed by atoms with Gasteiger partial charge < -0.3 is 5.32 Å². The first-order valence-corrected chi connectivity index (χ1v) is 10.0. The molecule has 2 atom stereocenters. The lowest BCUT2D eigenvalue weighted by molar-refractivity contribution is -0.384. The van der Waals surface area contributed by atoms with Crippen molar-refractivity contribution in [2.45, 2.75) is 32.4 Å². The molecule has 1 fully saturated rings. The van der Waals surface area contributed by atoms with E-state index in [2.05, 4.69) is 53.2 Å². The molecule has 1 saturated heterocycles. The smallest absolute Gasteiger partial charge is 0.269 e. The largest absolute Gasteiger partial charge is 0.325 e.